The molecule has 70 valence electrons. The predicted octanol–water partition coefficient (Wildman–Crippen LogP) is 2.99. The maximum Gasteiger partial charge on any atom is 0.220 e. The van der Waals surface area contributed by atoms with Crippen molar-refractivity contribution in [1.29, 1.82) is 0 Å². The zero-order valence-electron chi connectivity index (χ0n) is 7.12. The summed E-state index contributed by atoms with van der Waals surface area (Å²) in [5.74, 6) is -0.240. The summed E-state index contributed by atoms with van der Waals surface area (Å²) in [7, 11) is 0. The molecule has 0 aliphatic rings. The Bertz CT molecular complexity index is 284. The number of thiocarbonyl (C=S) groups is 1. The Hall–Kier alpha value is -0.610. The van der Waals surface area contributed by atoms with Gasteiger partial charge in [-0.3, -0.25) is 0 Å². The maximum absolute atomic E-state index is 12.5. The van der Waals surface area contributed by atoms with Crippen molar-refractivity contribution in [2.75, 3.05) is 6.26 Å². The van der Waals surface area contributed by atoms with Crippen LogP contribution >= 0.6 is 24.0 Å². The molecule has 0 unspecified atom stereocenters. The van der Waals surface area contributed by atoms with E-state index < -0.39 is 0 Å². The second kappa shape index (κ2) is 5.19. The van der Waals surface area contributed by atoms with Gasteiger partial charge in [0.1, 0.15) is 12.4 Å². The molecule has 0 atom stereocenters. The highest BCUT2D eigenvalue weighted by molar-refractivity contribution is 8.22. The highest BCUT2D eigenvalue weighted by atomic mass is 32.2. The van der Waals surface area contributed by atoms with E-state index in [0.717, 1.165) is 5.56 Å². The normalized spacial score (nSPS) is 9.69. The molecule has 0 fully saturated rings. The smallest absolute Gasteiger partial charge is 0.220 e. The van der Waals surface area contributed by atoms with Gasteiger partial charge in [-0.2, -0.15) is 0 Å². The van der Waals surface area contributed by atoms with Crippen LogP contribution in [-0.2, 0) is 11.3 Å². The van der Waals surface area contributed by atoms with Gasteiger partial charge in [0.05, 0.1) is 0 Å². The van der Waals surface area contributed by atoms with E-state index in [1.54, 1.807) is 12.1 Å². The van der Waals surface area contributed by atoms with E-state index in [4.69, 9.17) is 17.0 Å². The van der Waals surface area contributed by atoms with E-state index in [2.05, 4.69) is 0 Å². The molecule has 1 aromatic carbocycles. The zero-order chi connectivity index (χ0) is 9.68. The first kappa shape index (κ1) is 10.5. The third-order valence-corrected chi connectivity index (χ3v) is 2.51. The number of hydrogen-bond donors (Lipinski definition) is 0. The lowest BCUT2D eigenvalue weighted by Gasteiger charge is -2.04. The van der Waals surface area contributed by atoms with Crippen molar-refractivity contribution in [3.63, 3.8) is 0 Å². The second-order valence-electron chi connectivity index (χ2n) is 2.37. The van der Waals surface area contributed by atoms with Crippen LogP contribution in [0.25, 0.3) is 0 Å². The van der Waals surface area contributed by atoms with E-state index >= 15 is 0 Å². The van der Waals surface area contributed by atoms with Gasteiger partial charge in [-0.05, 0) is 36.2 Å². The van der Waals surface area contributed by atoms with Crippen molar-refractivity contribution in [3.05, 3.63) is 35.6 Å². The van der Waals surface area contributed by atoms with Crippen LogP contribution in [0.2, 0.25) is 0 Å². The Balaban J connectivity index is 2.46. The van der Waals surface area contributed by atoms with Crippen LogP contribution in [0.5, 0.6) is 0 Å². The van der Waals surface area contributed by atoms with Crippen molar-refractivity contribution < 1.29 is 9.13 Å². The lowest BCUT2D eigenvalue weighted by molar-refractivity contribution is 0.310. The molecule has 0 bridgehead atoms. The van der Waals surface area contributed by atoms with Crippen molar-refractivity contribution >= 4 is 28.4 Å². The molecule has 0 N–H and O–H groups in total. The van der Waals surface area contributed by atoms with E-state index in [9.17, 15) is 4.39 Å². The average molecular weight is 216 g/mol. The molecule has 4 heteroatoms. The number of benzene rings is 1. The van der Waals surface area contributed by atoms with Crippen molar-refractivity contribution in [1.82, 2.24) is 0 Å². The van der Waals surface area contributed by atoms with Crippen LogP contribution in [0, 0.1) is 5.82 Å². The molecule has 0 aliphatic carbocycles. The fourth-order valence-corrected chi connectivity index (χ4v) is 1.02. The SMILES string of the molecule is CSC(=S)OCc1ccc(F)cc1. The first-order chi connectivity index (χ1) is 6.22. The summed E-state index contributed by atoms with van der Waals surface area (Å²) < 4.78 is 18.2. The van der Waals surface area contributed by atoms with Crippen LogP contribution in [0.1, 0.15) is 5.56 Å². The summed E-state index contributed by atoms with van der Waals surface area (Å²) in [6.07, 6.45) is 1.85. The molecule has 0 saturated heterocycles. The van der Waals surface area contributed by atoms with Crippen LogP contribution in [0.4, 0.5) is 4.39 Å². The minimum Gasteiger partial charge on any atom is -0.474 e. The van der Waals surface area contributed by atoms with E-state index in [1.165, 1.54) is 23.9 Å². The standard InChI is InChI=1S/C9H9FOS2/c1-13-9(12)11-6-7-2-4-8(10)5-3-7/h2-5H,6H2,1H3. The Morgan fingerprint density at radius 1 is 1.46 bits per heavy atom. The predicted molar refractivity (Wildman–Crippen MR) is 57.3 cm³/mol. The summed E-state index contributed by atoms with van der Waals surface area (Å²) in [6.45, 7) is 0.403. The van der Waals surface area contributed by atoms with Gasteiger partial charge < -0.3 is 4.74 Å². The van der Waals surface area contributed by atoms with Gasteiger partial charge in [0.25, 0.3) is 0 Å². The number of ether oxygens (including phenoxy) is 1. The monoisotopic (exact) mass is 216 g/mol. The first-order valence-corrected chi connectivity index (χ1v) is 5.31. The number of rotatable bonds is 2. The maximum atomic E-state index is 12.5. The molecule has 0 spiro atoms. The van der Waals surface area contributed by atoms with Gasteiger partial charge in [0.2, 0.25) is 4.38 Å². The Morgan fingerprint density at radius 3 is 2.62 bits per heavy atom. The molecule has 0 amide bonds. The molecule has 0 saturated carbocycles. The van der Waals surface area contributed by atoms with E-state index in [0.29, 0.717) is 11.0 Å². The molecular formula is C9H9FOS2. The highest BCUT2D eigenvalue weighted by Crippen LogP contribution is 2.07. The van der Waals surface area contributed by atoms with Crippen LogP contribution in [0.3, 0.4) is 0 Å². The summed E-state index contributed by atoms with van der Waals surface area (Å²) in [4.78, 5) is 0. The number of halogens is 1. The topological polar surface area (TPSA) is 9.23 Å². The minimum atomic E-state index is -0.240. The lowest BCUT2D eigenvalue weighted by Crippen LogP contribution is -1.96. The average Bonchev–Trinajstić information content (AvgIpc) is 2.16. The fourth-order valence-electron chi connectivity index (χ4n) is 0.782. The highest BCUT2D eigenvalue weighted by Gasteiger charge is 1.96. The van der Waals surface area contributed by atoms with Gasteiger partial charge in [-0.15, -0.1) is 0 Å². The minimum absolute atomic E-state index is 0.240. The van der Waals surface area contributed by atoms with Gasteiger partial charge in [-0.25, -0.2) is 4.39 Å². The van der Waals surface area contributed by atoms with Gasteiger partial charge in [0.15, 0.2) is 0 Å². The fraction of sp³-hybridized carbons (Fsp3) is 0.222. The lowest BCUT2D eigenvalue weighted by atomic mass is 10.2. The van der Waals surface area contributed by atoms with Crippen molar-refractivity contribution in [2.45, 2.75) is 6.61 Å². The first-order valence-electron chi connectivity index (χ1n) is 3.67. The Kier molecular flexibility index (Phi) is 4.18. The van der Waals surface area contributed by atoms with E-state index in [-0.39, 0.29) is 5.82 Å². The van der Waals surface area contributed by atoms with Gasteiger partial charge in [0, 0.05) is 0 Å². The molecule has 0 aliphatic heterocycles. The van der Waals surface area contributed by atoms with Crippen molar-refractivity contribution in [2.24, 2.45) is 0 Å². The summed E-state index contributed by atoms with van der Waals surface area (Å²) >= 11 is 6.23. The molecule has 0 aromatic heterocycles. The van der Waals surface area contributed by atoms with Crippen LogP contribution in [-0.4, -0.2) is 10.6 Å². The quantitative estimate of drug-likeness (QED) is 0.703. The van der Waals surface area contributed by atoms with Crippen LogP contribution in [0.15, 0.2) is 24.3 Å². The van der Waals surface area contributed by atoms with Crippen LogP contribution < -0.4 is 0 Å². The Morgan fingerprint density at radius 2 is 2.08 bits per heavy atom. The molecule has 1 rings (SSSR count). The number of thioether (sulfide) groups is 1. The number of hydrogen-bond acceptors (Lipinski definition) is 3. The molecule has 1 aromatic rings. The van der Waals surface area contributed by atoms with Gasteiger partial charge in [-0.1, -0.05) is 23.9 Å². The zero-order valence-corrected chi connectivity index (χ0v) is 8.75. The van der Waals surface area contributed by atoms with Gasteiger partial charge >= 0.3 is 0 Å². The molecule has 0 heterocycles. The van der Waals surface area contributed by atoms with Crippen molar-refractivity contribution in [3.8, 4) is 0 Å². The van der Waals surface area contributed by atoms with E-state index in [1.807, 2.05) is 6.26 Å². The third-order valence-electron chi connectivity index (χ3n) is 1.44. The third kappa shape index (κ3) is 3.74. The molecule has 0 radical (unpaired) electrons. The molecule has 13 heavy (non-hydrogen) atoms. The molecule has 1 nitrogen and oxygen atoms in total. The summed E-state index contributed by atoms with van der Waals surface area (Å²) in [6, 6.07) is 6.16. The Labute approximate surface area is 86.3 Å². The summed E-state index contributed by atoms with van der Waals surface area (Å²) in [5.41, 5.74) is 0.915. The second-order valence-corrected chi connectivity index (χ2v) is 3.78. The summed E-state index contributed by atoms with van der Waals surface area (Å²) in [5, 5.41) is 0. The molecular weight excluding hydrogens is 207 g/mol. The largest absolute Gasteiger partial charge is 0.474 e.